The number of fused-ring (bicyclic) bond motifs is 1. The highest BCUT2D eigenvalue weighted by Gasteiger charge is 2.45. The summed E-state index contributed by atoms with van der Waals surface area (Å²) in [6.07, 6.45) is 1.10. The molecule has 0 aliphatic heterocycles. The quantitative estimate of drug-likeness (QED) is 0.343. The summed E-state index contributed by atoms with van der Waals surface area (Å²) in [5.74, 6) is -2.45. The Labute approximate surface area is 205 Å². The Morgan fingerprint density at radius 1 is 0.914 bits per heavy atom. The maximum absolute atomic E-state index is 10.7. The van der Waals surface area contributed by atoms with Gasteiger partial charge in [0.15, 0.2) is 0 Å². The second-order valence-corrected chi connectivity index (χ2v) is 9.89. The van der Waals surface area contributed by atoms with Crippen molar-refractivity contribution in [1.29, 1.82) is 0 Å². The van der Waals surface area contributed by atoms with E-state index < -0.39 is 11.9 Å². The van der Waals surface area contributed by atoms with Crippen LogP contribution in [0.1, 0.15) is 75.7 Å². The molecule has 0 spiro atoms. The number of rotatable bonds is 4. The molecule has 0 bridgehead atoms. The molecule has 8 N–H and O–H groups in total. The van der Waals surface area contributed by atoms with Crippen LogP contribution in [0.2, 0.25) is 0 Å². The summed E-state index contributed by atoms with van der Waals surface area (Å²) >= 11 is 0. The summed E-state index contributed by atoms with van der Waals surface area (Å²) in [6, 6.07) is 17.9. The highest BCUT2D eigenvalue weighted by atomic mass is 16.4. The van der Waals surface area contributed by atoms with E-state index >= 15 is 0 Å². The molecule has 0 heterocycles. The van der Waals surface area contributed by atoms with Crippen molar-refractivity contribution in [2.45, 2.75) is 51.5 Å². The van der Waals surface area contributed by atoms with Gasteiger partial charge in [0.1, 0.15) is 0 Å². The highest BCUT2D eigenvalue weighted by Crippen LogP contribution is 2.52. The standard InChI is InChI=1S/C19H24N2.C9H9NO4/c1-18(2)12-19(3,16-7-5-4-6-15(16)18)14-9-8-13(11-20)17(21)10-14;1-4-2-3-5(8(11)12)7(10)6(4)9(13)14/h4-10H,11-12,20-21H2,1-3H3;2-3H,10H2,1H3,(H,11,12)(H,13,14). The van der Waals surface area contributed by atoms with Crippen LogP contribution in [-0.4, -0.2) is 22.2 Å². The number of nitrogens with two attached hydrogens (primary N) is 3. The number of anilines is 2. The van der Waals surface area contributed by atoms with Crippen LogP contribution in [0.4, 0.5) is 11.4 Å². The van der Waals surface area contributed by atoms with Gasteiger partial charge >= 0.3 is 11.9 Å². The maximum Gasteiger partial charge on any atom is 0.338 e. The fraction of sp³-hybridized carbons (Fsp3) is 0.286. The van der Waals surface area contributed by atoms with Crippen molar-refractivity contribution in [2.75, 3.05) is 11.5 Å². The van der Waals surface area contributed by atoms with Crippen LogP contribution in [0.5, 0.6) is 0 Å². The molecule has 0 saturated heterocycles. The SMILES string of the molecule is CC1(C)CC(C)(c2ccc(CN)c(N)c2)c2ccccc21.Cc1ccc(C(=O)O)c(N)c1C(=O)O. The number of carboxylic acid groups (broad SMARTS) is 2. The summed E-state index contributed by atoms with van der Waals surface area (Å²) < 4.78 is 0. The Bertz CT molecular complexity index is 1300. The monoisotopic (exact) mass is 475 g/mol. The number of nitrogen functional groups attached to an aromatic ring is 2. The molecule has 0 fully saturated rings. The Morgan fingerprint density at radius 3 is 2.09 bits per heavy atom. The molecule has 3 aromatic carbocycles. The molecule has 7 heteroatoms. The number of carbonyl (C=O) groups is 2. The van der Waals surface area contributed by atoms with Crippen LogP contribution in [0.25, 0.3) is 0 Å². The molecule has 1 atom stereocenters. The van der Waals surface area contributed by atoms with Crippen molar-refractivity contribution in [3.05, 3.63) is 93.5 Å². The zero-order chi connectivity index (χ0) is 26.1. The normalized spacial score (nSPS) is 17.7. The zero-order valence-corrected chi connectivity index (χ0v) is 20.6. The maximum atomic E-state index is 10.7. The van der Waals surface area contributed by atoms with Gasteiger partial charge in [-0.1, -0.05) is 63.2 Å². The first-order valence-corrected chi connectivity index (χ1v) is 11.4. The van der Waals surface area contributed by atoms with Gasteiger partial charge in [-0.3, -0.25) is 0 Å². The Morgan fingerprint density at radius 2 is 1.54 bits per heavy atom. The minimum Gasteiger partial charge on any atom is -0.478 e. The summed E-state index contributed by atoms with van der Waals surface area (Å²) in [5, 5.41) is 17.5. The number of hydrogen-bond donors (Lipinski definition) is 5. The van der Waals surface area contributed by atoms with Crippen molar-refractivity contribution >= 4 is 23.3 Å². The molecule has 3 aromatic rings. The van der Waals surface area contributed by atoms with E-state index in [9.17, 15) is 9.59 Å². The topological polar surface area (TPSA) is 153 Å². The molecule has 1 unspecified atom stereocenters. The third-order valence-corrected chi connectivity index (χ3v) is 6.95. The van der Waals surface area contributed by atoms with Gasteiger partial charge in [0.25, 0.3) is 0 Å². The highest BCUT2D eigenvalue weighted by molar-refractivity contribution is 6.03. The average Bonchev–Trinajstić information content (AvgIpc) is 3.00. The van der Waals surface area contributed by atoms with Crippen LogP contribution in [0, 0.1) is 6.92 Å². The van der Waals surface area contributed by atoms with E-state index in [1.165, 1.54) is 28.8 Å². The Balaban J connectivity index is 0.000000214. The first-order valence-electron chi connectivity index (χ1n) is 11.4. The van der Waals surface area contributed by atoms with Gasteiger partial charge in [0.2, 0.25) is 0 Å². The van der Waals surface area contributed by atoms with Gasteiger partial charge in [0.05, 0.1) is 16.8 Å². The van der Waals surface area contributed by atoms with Gasteiger partial charge in [0, 0.05) is 17.6 Å². The first-order chi connectivity index (χ1) is 16.3. The fourth-order valence-corrected chi connectivity index (χ4v) is 5.21. The molecule has 35 heavy (non-hydrogen) atoms. The molecular formula is C28H33N3O4. The number of aryl methyl sites for hydroxylation is 1. The predicted octanol–water partition coefficient (Wildman–Crippen LogP) is 4.69. The third-order valence-electron chi connectivity index (χ3n) is 6.95. The van der Waals surface area contributed by atoms with Gasteiger partial charge in [-0.05, 0) is 58.7 Å². The van der Waals surface area contributed by atoms with Crippen molar-refractivity contribution < 1.29 is 19.8 Å². The zero-order valence-electron chi connectivity index (χ0n) is 20.6. The van der Waals surface area contributed by atoms with Crippen LogP contribution in [0.3, 0.4) is 0 Å². The molecular weight excluding hydrogens is 442 g/mol. The third kappa shape index (κ3) is 4.72. The number of hydrogen-bond acceptors (Lipinski definition) is 5. The number of carboxylic acids is 2. The summed E-state index contributed by atoms with van der Waals surface area (Å²) in [6.45, 7) is 9.04. The second-order valence-electron chi connectivity index (χ2n) is 9.89. The van der Waals surface area contributed by atoms with E-state index in [0.29, 0.717) is 12.1 Å². The van der Waals surface area contributed by atoms with Gasteiger partial charge in [-0.15, -0.1) is 0 Å². The summed E-state index contributed by atoms with van der Waals surface area (Å²) in [7, 11) is 0. The molecule has 7 nitrogen and oxygen atoms in total. The van der Waals surface area contributed by atoms with Gasteiger partial charge in [-0.25, -0.2) is 9.59 Å². The van der Waals surface area contributed by atoms with Crippen molar-refractivity contribution in [3.8, 4) is 0 Å². The summed E-state index contributed by atoms with van der Waals surface area (Å²) in [4.78, 5) is 21.4. The Hall–Kier alpha value is -3.84. The molecule has 4 rings (SSSR count). The molecule has 0 radical (unpaired) electrons. The van der Waals surface area contributed by atoms with Gasteiger partial charge in [-0.2, -0.15) is 0 Å². The van der Waals surface area contributed by atoms with E-state index in [1.807, 2.05) is 0 Å². The van der Waals surface area contributed by atoms with Crippen molar-refractivity contribution in [3.63, 3.8) is 0 Å². The molecule has 1 aliphatic rings. The smallest absolute Gasteiger partial charge is 0.338 e. The second kappa shape index (κ2) is 9.43. The van der Waals surface area contributed by atoms with E-state index in [4.69, 9.17) is 27.4 Å². The Kier molecular flexibility index (Phi) is 6.94. The minimum absolute atomic E-state index is 0.0152. The number of aromatic carboxylic acids is 2. The van der Waals surface area contributed by atoms with Crippen LogP contribution in [-0.2, 0) is 17.4 Å². The summed E-state index contributed by atoms with van der Waals surface area (Å²) in [5.41, 5.74) is 23.4. The molecule has 0 aromatic heterocycles. The average molecular weight is 476 g/mol. The lowest BCUT2D eigenvalue weighted by Crippen LogP contribution is -2.23. The lowest BCUT2D eigenvalue weighted by molar-refractivity contribution is 0.0695. The van der Waals surface area contributed by atoms with Crippen LogP contribution in [0.15, 0.2) is 54.6 Å². The fourth-order valence-electron chi connectivity index (χ4n) is 5.21. The minimum atomic E-state index is -1.23. The first kappa shape index (κ1) is 25.8. The van der Waals surface area contributed by atoms with Crippen LogP contribution >= 0.6 is 0 Å². The van der Waals surface area contributed by atoms with E-state index in [2.05, 4.69) is 63.2 Å². The van der Waals surface area contributed by atoms with Gasteiger partial charge < -0.3 is 27.4 Å². The molecule has 1 aliphatic carbocycles. The van der Waals surface area contributed by atoms with Crippen LogP contribution < -0.4 is 17.2 Å². The largest absolute Gasteiger partial charge is 0.478 e. The van der Waals surface area contributed by atoms with E-state index in [-0.39, 0.29) is 27.6 Å². The predicted molar refractivity (Wildman–Crippen MR) is 139 cm³/mol. The van der Waals surface area contributed by atoms with Crippen molar-refractivity contribution in [2.24, 2.45) is 5.73 Å². The van der Waals surface area contributed by atoms with E-state index in [1.54, 1.807) is 6.92 Å². The molecule has 184 valence electrons. The lowest BCUT2D eigenvalue weighted by Gasteiger charge is -2.29. The molecule has 0 amide bonds. The van der Waals surface area contributed by atoms with E-state index in [0.717, 1.165) is 17.7 Å². The number of benzene rings is 3. The lowest BCUT2D eigenvalue weighted by atomic mass is 9.75. The van der Waals surface area contributed by atoms with Crippen molar-refractivity contribution in [1.82, 2.24) is 0 Å². The molecule has 0 saturated carbocycles.